The smallest absolute Gasteiger partial charge is 0.151 e. The van der Waals surface area contributed by atoms with Crippen molar-refractivity contribution in [3.63, 3.8) is 0 Å². The summed E-state index contributed by atoms with van der Waals surface area (Å²) in [4.78, 5) is 0. The van der Waals surface area contributed by atoms with E-state index in [1.54, 1.807) is 0 Å². The van der Waals surface area contributed by atoms with Crippen molar-refractivity contribution in [1.82, 2.24) is 5.32 Å². The molecule has 90 valence electrons. The van der Waals surface area contributed by atoms with Crippen molar-refractivity contribution in [1.29, 1.82) is 0 Å². The van der Waals surface area contributed by atoms with Gasteiger partial charge in [0.1, 0.15) is 0 Å². The number of sulfone groups is 1. The minimum Gasteiger partial charge on any atom is -0.381 e. The van der Waals surface area contributed by atoms with Crippen molar-refractivity contribution >= 4 is 9.84 Å². The van der Waals surface area contributed by atoms with Crippen molar-refractivity contribution in [2.75, 3.05) is 37.8 Å². The molecule has 0 aromatic heterocycles. The molecule has 1 N–H and O–H groups in total. The first-order chi connectivity index (χ1) is 7.14. The molecule has 5 heteroatoms. The van der Waals surface area contributed by atoms with Crippen LogP contribution in [0.2, 0.25) is 0 Å². The molecule has 1 unspecified atom stereocenters. The van der Waals surface area contributed by atoms with E-state index >= 15 is 0 Å². The summed E-state index contributed by atoms with van der Waals surface area (Å²) in [6.07, 6.45) is 1.80. The highest BCUT2D eigenvalue weighted by atomic mass is 32.2. The summed E-state index contributed by atoms with van der Waals surface area (Å²) in [7, 11) is -2.82. The van der Waals surface area contributed by atoms with Crippen molar-refractivity contribution in [3.05, 3.63) is 0 Å². The Bertz CT molecular complexity index is 258. The predicted molar refractivity (Wildman–Crippen MR) is 60.7 cm³/mol. The first-order valence-electron chi connectivity index (χ1n) is 5.63. The maximum Gasteiger partial charge on any atom is 0.151 e. The third-order valence-corrected chi connectivity index (χ3v) is 4.42. The van der Waals surface area contributed by atoms with E-state index in [0.717, 1.165) is 26.2 Å². The van der Waals surface area contributed by atoms with E-state index in [0.29, 0.717) is 24.6 Å². The molecule has 0 bridgehead atoms. The van der Waals surface area contributed by atoms with Crippen LogP contribution in [0.3, 0.4) is 0 Å². The summed E-state index contributed by atoms with van der Waals surface area (Å²) >= 11 is 0. The van der Waals surface area contributed by atoms with Crippen LogP contribution in [0.1, 0.15) is 19.8 Å². The van der Waals surface area contributed by atoms with E-state index in [1.165, 1.54) is 0 Å². The second-order valence-corrected chi connectivity index (χ2v) is 6.39. The number of ether oxygens (including phenoxy) is 1. The van der Waals surface area contributed by atoms with Gasteiger partial charge in [-0.25, -0.2) is 8.42 Å². The normalized spacial score (nSPS) is 22.1. The van der Waals surface area contributed by atoms with Crippen LogP contribution in [0.15, 0.2) is 0 Å². The number of hydrogen-bond acceptors (Lipinski definition) is 4. The van der Waals surface area contributed by atoms with E-state index < -0.39 is 9.84 Å². The van der Waals surface area contributed by atoms with Gasteiger partial charge in [0.25, 0.3) is 0 Å². The molecule has 1 rings (SSSR count). The highest BCUT2D eigenvalue weighted by molar-refractivity contribution is 7.91. The Morgan fingerprint density at radius 3 is 2.80 bits per heavy atom. The van der Waals surface area contributed by atoms with Gasteiger partial charge in [-0.3, -0.25) is 0 Å². The molecular formula is C10H21NO3S. The maximum atomic E-state index is 11.4. The zero-order valence-corrected chi connectivity index (χ0v) is 10.2. The largest absolute Gasteiger partial charge is 0.381 e. The molecule has 15 heavy (non-hydrogen) atoms. The molecule has 0 saturated carbocycles. The molecule has 4 nitrogen and oxygen atoms in total. The third-order valence-electron chi connectivity index (χ3n) is 2.56. The second-order valence-electron chi connectivity index (χ2n) is 4.09. The van der Waals surface area contributed by atoms with Crippen LogP contribution in [0.5, 0.6) is 0 Å². The van der Waals surface area contributed by atoms with Gasteiger partial charge in [-0.15, -0.1) is 0 Å². The Labute approximate surface area is 92.3 Å². The summed E-state index contributed by atoms with van der Waals surface area (Å²) in [6, 6.07) is 0. The maximum absolute atomic E-state index is 11.4. The average Bonchev–Trinajstić information content (AvgIpc) is 2.65. The van der Waals surface area contributed by atoms with Gasteiger partial charge >= 0.3 is 0 Å². The van der Waals surface area contributed by atoms with Gasteiger partial charge in [0.2, 0.25) is 0 Å². The first kappa shape index (κ1) is 12.9. The Balaban J connectivity index is 2.05. The Morgan fingerprint density at radius 1 is 1.40 bits per heavy atom. The summed E-state index contributed by atoms with van der Waals surface area (Å²) < 4.78 is 28.0. The molecule has 1 aliphatic rings. The van der Waals surface area contributed by atoms with E-state index in [4.69, 9.17) is 4.74 Å². The molecule has 1 heterocycles. The minimum atomic E-state index is -2.82. The van der Waals surface area contributed by atoms with Crippen LogP contribution in [-0.2, 0) is 14.6 Å². The van der Waals surface area contributed by atoms with E-state index in [-0.39, 0.29) is 5.75 Å². The molecule has 0 spiro atoms. The van der Waals surface area contributed by atoms with Crippen molar-refractivity contribution in [2.45, 2.75) is 19.8 Å². The monoisotopic (exact) mass is 235 g/mol. The molecule has 0 amide bonds. The molecule has 0 aromatic rings. The molecule has 1 saturated heterocycles. The molecular weight excluding hydrogens is 214 g/mol. The van der Waals surface area contributed by atoms with Crippen LogP contribution in [-0.4, -0.2) is 46.2 Å². The van der Waals surface area contributed by atoms with Crippen molar-refractivity contribution < 1.29 is 13.2 Å². The van der Waals surface area contributed by atoms with Gasteiger partial charge in [-0.2, -0.15) is 0 Å². The van der Waals surface area contributed by atoms with Gasteiger partial charge in [-0.05, 0) is 18.8 Å². The van der Waals surface area contributed by atoms with Crippen LogP contribution in [0.4, 0.5) is 0 Å². The lowest BCUT2D eigenvalue weighted by atomic mass is 10.1. The molecule has 1 aliphatic heterocycles. The van der Waals surface area contributed by atoms with Crippen LogP contribution in [0.25, 0.3) is 0 Å². The number of rotatable bonds is 7. The number of hydrogen-bond donors (Lipinski definition) is 1. The van der Waals surface area contributed by atoms with Crippen LogP contribution < -0.4 is 5.32 Å². The van der Waals surface area contributed by atoms with Gasteiger partial charge in [0, 0.05) is 25.4 Å². The van der Waals surface area contributed by atoms with Gasteiger partial charge in [0.05, 0.1) is 12.4 Å². The van der Waals surface area contributed by atoms with Gasteiger partial charge in [0.15, 0.2) is 9.84 Å². The molecule has 0 aliphatic carbocycles. The third kappa shape index (κ3) is 5.49. The SMILES string of the molecule is CCCS(=O)(=O)CCNCC1CCOC1. The average molecular weight is 235 g/mol. The first-order valence-corrected chi connectivity index (χ1v) is 7.45. The standard InChI is InChI=1S/C10H21NO3S/c1-2-6-15(12,13)7-4-11-8-10-3-5-14-9-10/h10-11H,2-9H2,1H3. The van der Waals surface area contributed by atoms with Crippen LogP contribution >= 0.6 is 0 Å². The highest BCUT2D eigenvalue weighted by Gasteiger charge is 2.15. The van der Waals surface area contributed by atoms with Gasteiger partial charge < -0.3 is 10.1 Å². The quantitative estimate of drug-likeness (QED) is 0.651. The van der Waals surface area contributed by atoms with E-state index in [9.17, 15) is 8.42 Å². The fraction of sp³-hybridized carbons (Fsp3) is 1.00. The highest BCUT2D eigenvalue weighted by Crippen LogP contribution is 2.10. The van der Waals surface area contributed by atoms with Crippen LogP contribution in [0, 0.1) is 5.92 Å². The molecule has 1 atom stereocenters. The zero-order valence-electron chi connectivity index (χ0n) is 9.37. The number of nitrogens with one attached hydrogen (secondary N) is 1. The summed E-state index contributed by atoms with van der Waals surface area (Å²) in [6.45, 7) is 5.00. The zero-order chi connectivity index (χ0) is 11.1. The summed E-state index contributed by atoms with van der Waals surface area (Å²) in [5, 5.41) is 3.18. The topological polar surface area (TPSA) is 55.4 Å². The fourth-order valence-corrected chi connectivity index (χ4v) is 2.97. The lowest BCUT2D eigenvalue weighted by Crippen LogP contribution is -2.29. The lowest BCUT2D eigenvalue weighted by Gasteiger charge is -2.09. The van der Waals surface area contributed by atoms with Gasteiger partial charge in [-0.1, -0.05) is 6.92 Å². The molecule has 0 radical (unpaired) electrons. The van der Waals surface area contributed by atoms with Crippen molar-refractivity contribution in [2.24, 2.45) is 5.92 Å². The molecule has 1 fully saturated rings. The van der Waals surface area contributed by atoms with E-state index in [1.807, 2.05) is 6.92 Å². The lowest BCUT2D eigenvalue weighted by molar-refractivity contribution is 0.185. The Kier molecular flexibility index (Phi) is 5.56. The predicted octanol–water partition coefficient (Wildman–Crippen LogP) is 0.437. The second kappa shape index (κ2) is 6.45. The molecule has 0 aromatic carbocycles. The Hall–Kier alpha value is -0.130. The Morgan fingerprint density at radius 2 is 2.20 bits per heavy atom. The van der Waals surface area contributed by atoms with E-state index in [2.05, 4.69) is 5.32 Å². The summed E-state index contributed by atoms with van der Waals surface area (Å²) in [5.41, 5.74) is 0. The fourth-order valence-electron chi connectivity index (χ4n) is 1.69. The summed E-state index contributed by atoms with van der Waals surface area (Å²) in [5.74, 6) is 1.13. The minimum absolute atomic E-state index is 0.258. The van der Waals surface area contributed by atoms with Crippen molar-refractivity contribution in [3.8, 4) is 0 Å².